The van der Waals surface area contributed by atoms with Crippen LogP contribution < -0.4 is 0 Å². The zero-order chi connectivity index (χ0) is 24.7. The van der Waals surface area contributed by atoms with Gasteiger partial charge in [-0.15, -0.1) is 0 Å². The minimum atomic E-state index is -3.58. The molecule has 1 amide bonds. The SMILES string of the molecule is Cc1cc(C)c(S(=O)(=O)N2CCC(C(=O)N3CCCC(c4nc5ccccc5[nH]4)C3)CC2)c(C)c1. The lowest BCUT2D eigenvalue weighted by Crippen LogP contribution is -2.47. The first-order valence-corrected chi connectivity index (χ1v) is 14.0. The molecule has 5 rings (SSSR count). The monoisotopic (exact) mass is 494 g/mol. The van der Waals surface area contributed by atoms with E-state index in [2.05, 4.69) is 4.98 Å². The molecule has 1 aromatic heterocycles. The molecule has 0 radical (unpaired) electrons. The highest BCUT2D eigenvalue weighted by Crippen LogP contribution is 2.32. The molecule has 2 aromatic carbocycles. The van der Waals surface area contributed by atoms with Gasteiger partial charge in [-0.3, -0.25) is 4.79 Å². The number of carbonyl (C=O) groups excluding carboxylic acids is 1. The van der Waals surface area contributed by atoms with E-state index in [1.807, 2.05) is 62.1 Å². The Bertz CT molecular complexity index is 1300. The van der Waals surface area contributed by atoms with Gasteiger partial charge in [-0.05, 0) is 69.7 Å². The predicted octanol–water partition coefficient (Wildman–Crippen LogP) is 4.30. The molecule has 0 spiro atoms. The maximum atomic E-state index is 13.4. The van der Waals surface area contributed by atoms with Crippen molar-refractivity contribution in [3.63, 3.8) is 0 Å². The number of H-pyrrole nitrogens is 1. The highest BCUT2D eigenvalue weighted by atomic mass is 32.2. The van der Waals surface area contributed by atoms with E-state index in [1.165, 1.54) is 0 Å². The Morgan fingerprint density at radius 3 is 2.37 bits per heavy atom. The van der Waals surface area contributed by atoms with E-state index in [9.17, 15) is 13.2 Å². The topological polar surface area (TPSA) is 86.4 Å². The molecule has 8 heteroatoms. The number of sulfonamides is 1. The second kappa shape index (κ2) is 9.39. The van der Waals surface area contributed by atoms with Crippen LogP contribution in [0.4, 0.5) is 0 Å². The average molecular weight is 495 g/mol. The van der Waals surface area contributed by atoms with Crippen molar-refractivity contribution in [2.75, 3.05) is 26.2 Å². The molecule has 0 bridgehead atoms. The number of para-hydroxylation sites is 2. The fourth-order valence-corrected chi connectivity index (χ4v) is 7.75. The van der Waals surface area contributed by atoms with E-state index in [4.69, 9.17) is 4.98 Å². The molecular formula is C27H34N4O3S. The number of hydrogen-bond acceptors (Lipinski definition) is 4. The fourth-order valence-electron chi connectivity index (χ4n) is 5.87. The molecule has 1 atom stereocenters. The third-order valence-corrected chi connectivity index (χ3v) is 9.74. The lowest BCUT2D eigenvalue weighted by atomic mass is 9.92. The van der Waals surface area contributed by atoms with Crippen molar-refractivity contribution >= 4 is 27.0 Å². The van der Waals surface area contributed by atoms with Crippen LogP contribution in [0.15, 0.2) is 41.3 Å². The number of imidazole rings is 1. The van der Waals surface area contributed by atoms with Gasteiger partial charge in [-0.1, -0.05) is 29.8 Å². The Morgan fingerprint density at radius 2 is 1.69 bits per heavy atom. The van der Waals surface area contributed by atoms with Gasteiger partial charge in [-0.2, -0.15) is 4.31 Å². The van der Waals surface area contributed by atoms with Gasteiger partial charge in [0.05, 0.1) is 15.9 Å². The van der Waals surface area contributed by atoms with Crippen molar-refractivity contribution in [1.82, 2.24) is 19.2 Å². The third kappa shape index (κ3) is 4.61. The van der Waals surface area contributed by atoms with Gasteiger partial charge in [0, 0.05) is 38.0 Å². The summed E-state index contributed by atoms with van der Waals surface area (Å²) in [5, 5.41) is 0. The minimum absolute atomic E-state index is 0.129. The number of aryl methyl sites for hydroxylation is 3. The molecule has 7 nitrogen and oxygen atoms in total. The molecule has 2 aliphatic rings. The normalized spacial score (nSPS) is 20.4. The van der Waals surface area contributed by atoms with Crippen molar-refractivity contribution in [3.8, 4) is 0 Å². The number of benzene rings is 2. The number of fused-ring (bicyclic) bond motifs is 1. The largest absolute Gasteiger partial charge is 0.342 e. The molecule has 35 heavy (non-hydrogen) atoms. The van der Waals surface area contributed by atoms with Crippen LogP contribution in [-0.2, 0) is 14.8 Å². The maximum Gasteiger partial charge on any atom is 0.243 e. The Balaban J connectivity index is 1.24. The van der Waals surface area contributed by atoms with Gasteiger partial charge in [0.15, 0.2) is 0 Å². The van der Waals surface area contributed by atoms with Gasteiger partial charge >= 0.3 is 0 Å². The molecule has 186 valence electrons. The summed E-state index contributed by atoms with van der Waals surface area (Å²) >= 11 is 0. The van der Waals surface area contributed by atoms with Crippen LogP contribution in [0.3, 0.4) is 0 Å². The van der Waals surface area contributed by atoms with Crippen LogP contribution in [0.25, 0.3) is 11.0 Å². The lowest BCUT2D eigenvalue weighted by molar-refractivity contribution is -0.138. The smallest absolute Gasteiger partial charge is 0.243 e. The Hall–Kier alpha value is -2.71. The summed E-state index contributed by atoms with van der Waals surface area (Å²) in [5.74, 6) is 1.18. The Kier molecular flexibility index (Phi) is 6.44. The summed E-state index contributed by atoms with van der Waals surface area (Å²) < 4.78 is 28.4. The highest BCUT2D eigenvalue weighted by Gasteiger charge is 2.36. The van der Waals surface area contributed by atoms with Crippen LogP contribution in [0.5, 0.6) is 0 Å². The molecule has 0 aliphatic carbocycles. The number of aromatic nitrogens is 2. The second-order valence-corrected chi connectivity index (χ2v) is 12.0. The number of likely N-dealkylation sites (tertiary alicyclic amines) is 1. The molecule has 2 fully saturated rings. The van der Waals surface area contributed by atoms with Crippen LogP contribution >= 0.6 is 0 Å². The summed E-state index contributed by atoms with van der Waals surface area (Å²) in [6.45, 7) is 7.89. The van der Waals surface area contributed by atoms with Crippen molar-refractivity contribution in [3.05, 3.63) is 58.9 Å². The summed E-state index contributed by atoms with van der Waals surface area (Å²) in [4.78, 5) is 24.0. The van der Waals surface area contributed by atoms with E-state index in [0.717, 1.165) is 52.9 Å². The third-order valence-electron chi connectivity index (χ3n) is 7.53. The lowest BCUT2D eigenvalue weighted by Gasteiger charge is -2.37. The van der Waals surface area contributed by atoms with Crippen molar-refractivity contribution in [1.29, 1.82) is 0 Å². The summed E-state index contributed by atoms with van der Waals surface area (Å²) in [7, 11) is -3.58. The molecular weight excluding hydrogens is 460 g/mol. The number of hydrogen-bond donors (Lipinski definition) is 1. The molecule has 3 heterocycles. The predicted molar refractivity (Wildman–Crippen MR) is 137 cm³/mol. The molecule has 0 saturated carbocycles. The van der Waals surface area contributed by atoms with Gasteiger partial charge in [0.2, 0.25) is 15.9 Å². The molecule has 2 aliphatic heterocycles. The number of carbonyl (C=O) groups is 1. The molecule has 1 unspecified atom stereocenters. The fraction of sp³-hybridized carbons (Fsp3) is 0.481. The maximum absolute atomic E-state index is 13.4. The Morgan fingerprint density at radius 1 is 1.00 bits per heavy atom. The van der Waals surface area contributed by atoms with Crippen LogP contribution in [-0.4, -0.2) is 59.7 Å². The Labute approximate surface area is 207 Å². The average Bonchev–Trinajstić information content (AvgIpc) is 3.27. The number of aromatic amines is 1. The quantitative estimate of drug-likeness (QED) is 0.586. The highest BCUT2D eigenvalue weighted by molar-refractivity contribution is 7.89. The molecule has 1 N–H and O–H groups in total. The van der Waals surface area contributed by atoms with E-state index in [1.54, 1.807) is 4.31 Å². The van der Waals surface area contributed by atoms with E-state index in [0.29, 0.717) is 37.4 Å². The number of amides is 1. The summed E-state index contributed by atoms with van der Waals surface area (Å²) in [6.07, 6.45) is 3.09. The van der Waals surface area contributed by atoms with Crippen LogP contribution in [0.2, 0.25) is 0 Å². The standard InChI is InChI=1S/C27H34N4O3S/c1-18-15-19(2)25(20(3)16-18)35(33,34)31-13-10-21(11-14-31)27(32)30-12-6-7-22(17-30)26-28-23-8-4-5-9-24(23)29-26/h4-5,8-9,15-16,21-22H,6-7,10-14,17H2,1-3H3,(H,28,29). The molecule has 3 aromatic rings. The second-order valence-electron chi connectivity index (χ2n) is 10.2. The first-order chi connectivity index (χ1) is 16.7. The van der Waals surface area contributed by atoms with Gasteiger partial charge in [0.1, 0.15) is 5.82 Å². The number of nitrogens with zero attached hydrogens (tertiary/aromatic N) is 3. The number of rotatable bonds is 4. The zero-order valence-electron chi connectivity index (χ0n) is 20.8. The minimum Gasteiger partial charge on any atom is -0.342 e. The summed E-state index contributed by atoms with van der Waals surface area (Å²) in [6, 6.07) is 11.9. The van der Waals surface area contributed by atoms with Crippen molar-refractivity contribution in [2.45, 2.75) is 57.3 Å². The van der Waals surface area contributed by atoms with Gasteiger partial charge in [0.25, 0.3) is 0 Å². The van der Waals surface area contributed by atoms with Gasteiger partial charge in [-0.25, -0.2) is 13.4 Å². The van der Waals surface area contributed by atoms with Crippen molar-refractivity contribution < 1.29 is 13.2 Å². The first-order valence-electron chi connectivity index (χ1n) is 12.6. The van der Waals surface area contributed by atoms with Crippen LogP contribution in [0, 0.1) is 26.7 Å². The number of nitrogens with one attached hydrogen (secondary N) is 1. The number of piperidine rings is 2. The first kappa shape index (κ1) is 24.0. The van der Waals surface area contributed by atoms with E-state index < -0.39 is 10.0 Å². The van der Waals surface area contributed by atoms with E-state index in [-0.39, 0.29) is 17.7 Å². The van der Waals surface area contributed by atoms with E-state index >= 15 is 0 Å². The van der Waals surface area contributed by atoms with Crippen molar-refractivity contribution in [2.24, 2.45) is 5.92 Å². The van der Waals surface area contributed by atoms with Crippen LogP contribution in [0.1, 0.15) is 54.1 Å². The summed E-state index contributed by atoms with van der Waals surface area (Å²) in [5.41, 5.74) is 4.61. The molecule has 2 saturated heterocycles. The van der Waals surface area contributed by atoms with Gasteiger partial charge < -0.3 is 9.88 Å². The zero-order valence-corrected chi connectivity index (χ0v) is 21.6.